The Hall–Kier alpha value is -0.990. The minimum absolute atomic E-state index is 0.353. The van der Waals surface area contributed by atoms with Crippen molar-refractivity contribution in [3.63, 3.8) is 0 Å². The molecule has 0 unspecified atom stereocenters. The molecule has 0 aliphatic carbocycles. The molecule has 0 aromatic rings. The van der Waals surface area contributed by atoms with Gasteiger partial charge < -0.3 is 4.74 Å². The van der Waals surface area contributed by atoms with Gasteiger partial charge in [-0.25, -0.2) is 0 Å². The molecule has 0 aromatic carbocycles. The number of rotatable bonds is 3. The van der Waals surface area contributed by atoms with Crippen molar-refractivity contribution in [3.8, 4) is 0 Å². The number of methoxy groups -OCH3 is 1. The lowest BCUT2D eigenvalue weighted by atomic mass is 10.4. The standard InChI is InChI=1S/C9H18N2O/c1-6-7-11(8(2)3)10-9(4)12-5/h6-8H,1-5H3/b7-6-,10-9+. The highest BCUT2D eigenvalue weighted by molar-refractivity contribution is 5.72. The molecule has 0 rings (SSSR count). The molecule has 0 atom stereocenters. The van der Waals surface area contributed by atoms with Crippen LogP contribution in [0, 0.1) is 0 Å². The predicted octanol–water partition coefficient (Wildman–Crippen LogP) is 2.21. The zero-order valence-corrected chi connectivity index (χ0v) is 8.53. The van der Waals surface area contributed by atoms with Crippen molar-refractivity contribution in [1.29, 1.82) is 0 Å². The quantitative estimate of drug-likeness (QED) is 0.368. The van der Waals surface area contributed by atoms with Crippen molar-refractivity contribution < 1.29 is 4.74 Å². The molecule has 0 saturated carbocycles. The van der Waals surface area contributed by atoms with E-state index in [-0.39, 0.29) is 0 Å². The van der Waals surface area contributed by atoms with Crippen LogP contribution in [0.2, 0.25) is 0 Å². The summed E-state index contributed by atoms with van der Waals surface area (Å²) < 4.78 is 4.95. The van der Waals surface area contributed by atoms with E-state index in [0.29, 0.717) is 11.9 Å². The summed E-state index contributed by atoms with van der Waals surface area (Å²) in [4.78, 5) is 0. The molecule has 12 heavy (non-hydrogen) atoms. The van der Waals surface area contributed by atoms with Gasteiger partial charge in [0.25, 0.3) is 0 Å². The summed E-state index contributed by atoms with van der Waals surface area (Å²) in [6.07, 6.45) is 3.87. The normalized spacial score (nSPS) is 12.7. The minimum Gasteiger partial charge on any atom is -0.483 e. The smallest absolute Gasteiger partial charge is 0.202 e. The van der Waals surface area contributed by atoms with Crippen LogP contribution in [0.25, 0.3) is 0 Å². The lowest BCUT2D eigenvalue weighted by Crippen LogP contribution is -2.21. The molecule has 0 heterocycles. The van der Waals surface area contributed by atoms with Gasteiger partial charge in [-0.1, -0.05) is 6.08 Å². The molecule has 3 heteroatoms. The van der Waals surface area contributed by atoms with E-state index in [4.69, 9.17) is 4.74 Å². The summed E-state index contributed by atoms with van der Waals surface area (Å²) >= 11 is 0. The van der Waals surface area contributed by atoms with E-state index in [1.165, 1.54) is 0 Å². The number of ether oxygens (including phenoxy) is 1. The second kappa shape index (κ2) is 5.63. The third-order valence-electron chi connectivity index (χ3n) is 1.38. The Bertz CT molecular complexity index is 173. The molecule has 0 aliphatic heterocycles. The van der Waals surface area contributed by atoms with Gasteiger partial charge in [0, 0.05) is 19.2 Å². The summed E-state index contributed by atoms with van der Waals surface area (Å²) in [6.45, 7) is 7.95. The van der Waals surface area contributed by atoms with Crippen molar-refractivity contribution in [3.05, 3.63) is 12.3 Å². The maximum atomic E-state index is 4.95. The van der Waals surface area contributed by atoms with Gasteiger partial charge in [0.2, 0.25) is 5.90 Å². The topological polar surface area (TPSA) is 24.8 Å². The Labute approximate surface area is 74.7 Å². The van der Waals surface area contributed by atoms with Crippen LogP contribution in [0.4, 0.5) is 0 Å². The van der Waals surface area contributed by atoms with Crippen LogP contribution in [0.5, 0.6) is 0 Å². The van der Waals surface area contributed by atoms with Crippen LogP contribution in [-0.2, 0) is 4.74 Å². The zero-order chi connectivity index (χ0) is 9.56. The molecule has 0 amide bonds. The molecule has 0 bridgehead atoms. The summed E-state index contributed by atoms with van der Waals surface area (Å²) in [5.74, 6) is 0.668. The molecule has 70 valence electrons. The van der Waals surface area contributed by atoms with Crippen molar-refractivity contribution in [2.24, 2.45) is 5.10 Å². The van der Waals surface area contributed by atoms with E-state index >= 15 is 0 Å². The molecule has 0 N–H and O–H groups in total. The zero-order valence-electron chi connectivity index (χ0n) is 8.53. The second-order valence-corrected chi connectivity index (χ2v) is 2.78. The molecule has 0 fully saturated rings. The van der Waals surface area contributed by atoms with E-state index in [1.807, 2.05) is 31.1 Å². The van der Waals surface area contributed by atoms with Crippen molar-refractivity contribution in [2.45, 2.75) is 33.7 Å². The molecule has 0 spiro atoms. The van der Waals surface area contributed by atoms with Crippen LogP contribution >= 0.6 is 0 Å². The molecule has 0 aromatic heterocycles. The number of nitrogens with zero attached hydrogens (tertiary/aromatic N) is 2. The van der Waals surface area contributed by atoms with Gasteiger partial charge in [-0.3, -0.25) is 5.01 Å². The highest BCUT2D eigenvalue weighted by Gasteiger charge is 2.01. The van der Waals surface area contributed by atoms with E-state index in [2.05, 4.69) is 18.9 Å². The third-order valence-corrected chi connectivity index (χ3v) is 1.38. The van der Waals surface area contributed by atoms with E-state index in [0.717, 1.165) is 0 Å². The number of allylic oxidation sites excluding steroid dienone is 1. The molecular formula is C9H18N2O. The first-order valence-electron chi connectivity index (χ1n) is 4.12. The first-order chi connectivity index (χ1) is 5.61. The van der Waals surface area contributed by atoms with Gasteiger partial charge in [0.1, 0.15) is 0 Å². The highest BCUT2D eigenvalue weighted by Crippen LogP contribution is 2.00. The Kier molecular flexibility index (Phi) is 5.17. The Morgan fingerprint density at radius 1 is 1.50 bits per heavy atom. The Morgan fingerprint density at radius 2 is 2.08 bits per heavy atom. The maximum Gasteiger partial charge on any atom is 0.202 e. The van der Waals surface area contributed by atoms with Gasteiger partial charge in [-0.2, -0.15) is 0 Å². The van der Waals surface area contributed by atoms with Crippen LogP contribution in [0.3, 0.4) is 0 Å². The van der Waals surface area contributed by atoms with Crippen molar-refractivity contribution in [2.75, 3.05) is 7.11 Å². The van der Waals surface area contributed by atoms with Crippen LogP contribution < -0.4 is 0 Å². The average Bonchev–Trinajstić information content (AvgIpc) is 2.03. The number of hydrogen-bond acceptors (Lipinski definition) is 3. The molecule has 0 radical (unpaired) electrons. The van der Waals surface area contributed by atoms with Gasteiger partial charge in [0.15, 0.2) is 0 Å². The van der Waals surface area contributed by atoms with Gasteiger partial charge in [-0.15, -0.1) is 5.10 Å². The minimum atomic E-state index is 0.353. The lowest BCUT2D eigenvalue weighted by Gasteiger charge is -2.18. The number of hydrogen-bond donors (Lipinski definition) is 0. The van der Waals surface area contributed by atoms with Crippen molar-refractivity contribution in [1.82, 2.24) is 5.01 Å². The second-order valence-electron chi connectivity index (χ2n) is 2.78. The largest absolute Gasteiger partial charge is 0.483 e. The fourth-order valence-electron chi connectivity index (χ4n) is 0.677. The Balaban J connectivity index is 4.31. The van der Waals surface area contributed by atoms with E-state index < -0.39 is 0 Å². The van der Waals surface area contributed by atoms with Gasteiger partial charge in [-0.05, 0) is 20.8 Å². The lowest BCUT2D eigenvalue weighted by molar-refractivity contribution is 0.302. The SMILES string of the molecule is C/C=C\N(/N=C(\C)OC)C(C)C. The fraction of sp³-hybridized carbons (Fsp3) is 0.667. The number of hydrazone groups is 1. The van der Waals surface area contributed by atoms with Gasteiger partial charge >= 0.3 is 0 Å². The fourth-order valence-corrected chi connectivity index (χ4v) is 0.677. The molecule has 0 saturated heterocycles. The third kappa shape index (κ3) is 4.01. The maximum absolute atomic E-state index is 4.95. The van der Waals surface area contributed by atoms with Crippen LogP contribution in [-0.4, -0.2) is 24.1 Å². The Morgan fingerprint density at radius 3 is 2.42 bits per heavy atom. The summed E-state index contributed by atoms with van der Waals surface area (Å²) in [7, 11) is 1.62. The van der Waals surface area contributed by atoms with Gasteiger partial charge in [0.05, 0.1) is 7.11 Å². The molecule has 0 aliphatic rings. The summed E-state index contributed by atoms with van der Waals surface area (Å²) in [6, 6.07) is 0.353. The predicted molar refractivity (Wildman–Crippen MR) is 51.9 cm³/mol. The highest BCUT2D eigenvalue weighted by atomic mass is 16.5. The summed E-state index contributed by atoms with van der Waals surface area (Å²) in [5.41, 5.74) is 0. The van der Waals surface area contributed by atoms with E-state index in [1.54, 1.807) is 7.11 Å². The summed E-state index contributed by atoms with van der Waals surface area (Å²) in [5, 5.41) is 6.09. The van der Waals surface area contributed by atoms with Crippen molar-refractivity contribution >= 4 is 5.90 Å². The molecular weight excluding hydrogens is 152 g/mol. The monoisotopic (exact) mass is 170 g/mol. The van der Waals surface area contributed by atoms with E-state index in [9.17, 15) is 0 Å². The molecule has 3 nitrogen and oxygen atoms in total. The first kappa shape index (κ1) is 11.0. The van der Waals surface area contributed by atoms with Crippen LogP contribution in [0.1, 0.15) is 27.7 Å². The average molecular weight is 170 g/mol. The first-order valence-corrected chi connectivity index (χ1v) is 4.12. The van der Waals surface area contributed by atoms with Crippen LogP contribution in [0.15, 0.2) is 17.4 Å².